The molecule has 184 valence electrons. The molecule has 7 nitrogen and oxygen atoms in total. The van der Waals surface area contributed by atoms with Gasteiger partial charge in [0.05, 0.1) is 13.2 Å². The number of nitrogens with one attached hydrogen (secondary N) is 1. The minimum Gasteiger partial charge on any atom is -0.370 e. The summed E-state index contributed by atoms with van der Waals surface area (Å²) in [6, 6.07) is 8.46. The molecule has 1 aromatic carbocycles. The van der Waals surface area contributed by atoms with Crippen molar-refractivity contribution in [3.8, 4) is 0 Å². The number of benzene rings is 1. The van der Waals surface area contributed by atoms with Crippen molar-refractivity contribution in [1.29, 1.82) is 0 Å². The molecule has 33 heavy (non-hydrogen) atoms. The molecule has 0 radical (unpaired) electrons. The predicted octanol–water partition coefficient (Wildman–Crippen LogP) is 2.90. The number of carbonyl (C=O) groups is 1. The number of aryl methyl sites for hydroxylation is 1. The van der Waals surface area contributed by atoms with Gasteiger partial charge in [-0.25, -0.2) is 0 Å². The van der Waals surface area contributed by atoms with Gasteiger partial charge in [0, 0.05) is 58.8 Å². The van der Waals surface area contributed by atoms with E-state index in [9.17, 15) is 4.79 Å². The van der Waals surface area contributed by atoms with Crippen molar-refractivity contribution >= 4 is 35.8 Å². The van der Waals surface area contributed by atoms with Crippen molar-refractivity contribution in [2.75, 3.05) is 66.0 Å². The molecule has 1 aliphatic carbocycles. The van der Waals surface area contributed by atoms with Gasteiger partial charge in [-0.3, -0.25) is 14.7 Å². The molecule has 2 saturated heterocycles. The highest BCUT2D eigenvalue weighted by Gasteiger charge is 2.29. The third kappa shape index (κ3) is 6.82. The standard InChI is InChI=1S/C25H39N5O2.HI/c1-20-7-3-6-10-22(20)23-19-30(17-18-32-23)25(26-2)27-11-12-28-13-15-29(16-14-28)24(31)21-8-4-5-9-21;/h3,6-7,10,21,23H,4-5,8-9,11-19H2,1-2H3,(H,26,27);1H. The lowest BCUT2D eigenvalue weighted by Gasteiger charge is -2.37. The number of rotatable bonds is 5. The van der Waals surface area contributed by atoms with Crippen LogP contribution in [0.3, 0.4) is 0 Å². The molecule has 3 fully saturated rings. The van der Waals surface area contributed by atoms with Gasteiger partial charge < -0.3 is 19.9 Å². The summed E-state index contributed by atoms with van der Waals surface area (Å²) >= 11 is 0. The average molecular weight is 570 g/mol. The van der Waals surface area contributed by atoms with Gasteiger partial charge >= 0.3 is 0 Å². The first-order valence-corrected chi connectivity index (χ1v) is 12.3. The zero-order valence-electron chi connectivity index (χ0n) is 20.2. The normalized spacial score (nSPS) is 22.8. The van der Waals surface area contributed by atoms with Crippen LogP contribution in [0, 0.1) is 12.8 Å². The van der Waals surface area contributed by atoms with Crippen molar-refractivity contribution in [1.82, 2.24) is 20.0 Å². The maximum atomic E-state index is 12.6. The van der Waals surface area contributed by atoms with Gasteiger partial charge in [0.15, 0.2) is 5.96 Å². The van der Waals surface area contributed by atoms with E-state index in [0.29, 0.717) is 18.4 Å². The number of morpholine rings is 1. The minimum atomic E-state index is 0. The Morgan fingerprint density at radius 3 is 2.52 bits per heavy atom. The molecule has 4 rings (SSSR count). The minimum absolute atomic E-state index is 0. The zero-order chi connectivity index (χ0) is 22.3. The van der Waals surface area contributed by atoms with E-state index in [-0.39, 0.29) is 30.1 Å². The lowest BCUT2D eigenvalue weighted by atomic mass is 10.0. The molecular formula is C25H40IN5O2. The Hall–Kier alpha value is -1.39. The van der Waals surface area contributed by atoms with Crippen LogP contribution in [-0.4, -0.2) is 92.6 Å². The lowest BCUT2D eigenvalue weighted by molar-refractivity contribution is -0.137. The van der Waals surface area contributed by atoms with Crippen LogP contribution in [-0.2, 0) is 9.53 Å². The smallest absolute Gasteiger partial charge is 0.225 e. The molecule has 3 aliphatic rings. The summed E-state index contributed by atoms with van der Waals surface area (Å²) in [5.74, 6) is 1.64. The molecule has 1 saturated carbocycles. The maximum Gasteiger partial charge on any atom is 0.225 e. The van der Waals surface area contributed by atoms with Crippen molar-refractivity contribution < 1.29 is 9.53 Å². The number of amides is 1. The van der Waals surface area contributed by atoms with Crippen molar-refractivity contribution in [2.24, 2.45) is 10.9 Å². The number of guanidine groups is 1. The molecule has 0 bridgehead atoms. The third-order valence-electron chi connectivity index (χ3n) is 7.21. The van der Waals surface area contributed by atoms with Gasteiger partial charge in [0.2, 0.25) is 5.91 Å². The van der Waals surface area contributed by atoms with Crippen LogP contribution in [0.15, 0.2) is 29.3 Å². The van der Waals surface area contributed by atoms with Gasteiger partial charge in [-0.15, -0.1) is 24.0 Å². The topological polar surface area (TPSA) is 60.4 Å². The Kier molecular flexibility index (Phi) is 10.2. The van der Waals surface area contributed by atoms with E-state index in [4.69, 9.17) is 4.74 Å². The zero-order valence-corrected chi connectivity index (χ0v) is 22.5. The van der Waals surface area contributed by atoms with Gasteiger partial charge in [0.1, 0.15) is 6.10 Å². The second kappa shape index (κ2) is 12.9. The molecule has 0 aromatic heterocycles. The van der Waals surface area contributed by atoms with Crippen LogP contribution in [0.1, 0.15) is 42.9 Å². The molecular weight excluding hydrogens is 529 g/mol. The van der Waals surface area contributed by atoms with Crippen LogP contribution >= 0.6 is 24.0 Å². The van der Waals surface area contributed by atoms with Crippen LogP contribution in [0.4, 0.5) is 0 Å². The molecule has 0 spiro atoms. The van der Waals surface area contributed by atoms with E-state index in [2.05, 4.69) is 56.2 Å². The number of nitrogens with zero attached hydrogens (tertiary/aromatic N) is 4. The number of piperazine rings is 1. The van der Waals surface area contributed by atoms with Crippen molar-refractivity contribution in [3.63, 3.8) is 0 Å². The molecule has 1 N–H and O–H groups in total. The van der Waals surface area contributed by atoms with Gasteiger partial charge in [-0.1, -0.05) is 37.1 Å². The summed E-state index contributed by atoms with van der Waals surface area (Å²) in [6.07, 6.45) is 4.70. The highest BCUT2D eigenvalue weighted by Crippen LogP contribution is 2.27. The number of aliphatic imine (C=N–C) groups is 1. The average Bonchev–Trinajstić information content (AvgIpc) is 3.37. The Balaban J connectivity index is 0.00000306. The first-order valence-electron chi connectivity index (χ1n) is 12.3. The molecule has 1 unspecified atom stereocenters. The fraction of sp³-hybridized carbons (Fsp3) is 0.680. The molecule has 1 atom stereocenters. The first kappa shape index (κ1) is 26.2. The number of hydrogen-bond acceptors (Lipinski definition) is 4. The third-order valence-corrected chi connectivity index (χ3v) is 7.21. The van der Waals surface area contributed by atoms with Gasteiger partial charge in [-0.2, -0.15) is 0 Å². The van der Waals surface area contributed by atoms with E-state index in [1.807, 2.05) is 7.05 Å². The molecule has 1 aromatic rings. The Morgan fingerprint density at radius 1 is 1.09 bits per heavy atom. The maximum absolute atomic E-state index is 12.6. The lowest BCUT2D eigenvalue weighted by Crippen LogP contribution is -2.53. The summed E-state index contributed by atoms with van der Waals surface area (Å²) < 4.78 is 6.07. The predicted molar refractivity (Wildman–Crippen MR) is 143 cm³/mol. The van der Waals surface area contributed by atoms with Gasteiger partial charge in [-0.05, 0) is 30.9 Å². The molecule has 8 heteroatoms. The summed E-state index contributed by atoms with van der Waals surface area (Å²) in [5, 5.41) is 3.55. The summed E-state index contributed by atoms with van der Waals surface area (Å²) in [5.41, 5.74) is 2.53. The number of halogens is 1. The monoisotopic (exact) mass is 569 g/mol. The van der Waals surface area contributed by atoms with Crippen LogP contribution in [0.2, 0.25) is 0 Å². The molecule has 2 heterocycles. The second-order valence-corrected chi connectivity index (χ2v) is 9.28. The summed E-state index contributed by atoms with van der Waals surface area (Å²) in [6.45, 7) is 10.00. The highest BCUT2D eigenvalue weighted by atomic mass is 127. The number of carbonyl (C=O) groups excluding carboxylic acids is 1. The second-order valence-electron chi connectivity index (χ2n) is 9.28. The fourth-order valence-corrected chi connectivity index (χ4v) is 5.26. The molecule has 1 amide bonds. The van der Waals surface area contributed by atoms with Crippen molar-refractivity contribution in [2.45, 2.75) is 38.7 Å². The van der Waals surface area contributed by atoms with Crippen LogP contribution in [0.25, 0.3) is 0 Å². The first-order chi connectivity index (χ1) is 15.7. The fourth-order valence-electron chi connectivity index (χ4n) is 5.26. The largest absolute Gasteiger partial charge is 0.370 e. The van der Waals surface area contributed by atoms with Crippen LogP contribution < -0.4 is 5.32 Å². The Labute approximate surface area is 215 Å². The summed E-state index contributed by atoms with van der Waals surface area (Å²) in [4.78, 5) is 24.0. The van der Waals surface area contributed by atoms with Crippen molar-refractivity contribution in [3.05, 3.63) is 35.4 Å². The van der Waals surface area contributed by atoms with E-state index in [1.165, 1.54) is 24.0 Å². The van der Waals surface area contributed by atoms with Gasteiger partial charge in [0.25, 0.3) is 0 Å². The highest BCUT2D eigenvalue weighted by molar-refractivity contribution is 14.0. The number of ether oxygens (including phenoxy) is 1. The van der Waals surface area contributed by atoms with E-state index in [1.54, 1.807) is 0 Å². The Bertz CT molecular complexity index is 791. The van der Waals surface area contributed by atoms with E-state index < -0.39 is 0 Å². The van der Waals surface area contributed by atoms with E-state index >= 15 is 0 Å². The Morgan fingerprint density at radius 2 is 1.82 bits per heavy atom. The van der Waals surface area contributed by atoms with E-state index in [0.717, 1.165) is 71.2 Å². The van der Waals surface area contributed by atoms with Crippen LogP contribution in [0.5, 0.6) is 0 Å². The molecule has 2 aliphatic heterocycles. The SMILES string of the molecule is CN=C(NCCN1CCN(C(=O)C2CCCC2)CC1)N1CCOC(c2ccccc2C)C1.I. The number of hydrogen-bond donors (Lipinski definition) is 1. The summed E-state index contributed by atoms with van der Waals surface area (Å²) in [7, 11) is 1.86. The quantitative estimate of drug-likeness (QED) is 0.336.